The number of hydrogen-bond acceptors (Lipinski definition) is 9. The summed E-state index contributed by atoms with van der Waals surface area (Å²) >= 11 is 0. The zero-order valence-corrected chi connectivity index (χ0v) is 25.9. The van der Waals surface area contributed by atoms with Crippen LogP contribution in [0.5, 0.6) is 0 Å². The van der Waals surface area contributed by atoms with Gasteiger partial charge in [-0.1, -0.05) is 12.1 Å². The van der Waals surface area contributed by atoms with Crippen molar-refractivity contribution in [1.29, 1.82) is 0 Å². The molecule has 0 bridgehead atoms. The van der Waals surface area contributed by atoms with Crippen LogP contribution in [-0.4, -0.2) is 91.5 Å². The van der Waals surface area contributed by atoms with Gasteiger partial charge in [-0.25, -0.2) is 15.0 Å². The van der Waals surface area contributed by atoms with Crippen LogP contribution < -0.4 is 10.6 Å². The molecule has 0 atom stereocenters. The molecular weight excluding hydrogens is 564 g/mol. The van der Waals surface area contributed by atoms with E-state index in [1.807, 2.05) is 54.9 Å². The first-order valence-corrected chi connectivity index (χ1v) is 15.6. The van der Waals surface area contributed by atoms with Gasteiger partial charge in [0.25, 0.3) is 5.91 Å². The van der Waals surface area contributed by atoms with E-state index in [1.165, 1.54) is 0 Å². The Morgan fingerprint density at radius 3 is 2.11 bits per heavy atom. The minimum Gasteiger partial charge on any atom is -0.366 e. The average molecular weight is 605 g/mol. The standard InChI is InChI=1S/C17H21N5O.C17H19N5/c1-22-11-7-13(8-12-22)20-16-14(6-4-10-19-16)21-17(23)15-5-2-3-9-18-15;1-21-11-7-13(8-12-21)22-16-15(6-4-10-19-16)20-17(22)14-5-2-3-9-18-14/h2-6,9-10,13H,7-8,11-12H2,1H3,(H,19,20)(H,21,23);2-6,9-10,13H,7-8,11-12H2,1H3. The van der Waals surface area contributed by atoms with Gasteiger partial charge in [0.15, 0.2) is 11.5 Å². The van der Waals surface area contributed by atoms with Crippen molar-refractivity contribution >= 4 is 28.6 Å². The van der Waals surface area contributed by atoms with E-state index in [4.69, 9.17) is 4.98 Å². The summed E-state index contributed by atoms with van der Waals surface area (Å²) in [5.74, 6) is 1.42. The lowest BCUT2D eigenvalue weighted by Gasteiger charge is -2.30. The second kappa shape index (κ2) is 14.4. The Balaban J connectivity index is 0.000000159. The molecule has 0 saturated carbocycles. The summed E-state index contributed by atoms with van der Waals surface area (Å²) in [7, 11) is 4.32. The molecule has 0 unspecified atom stereocenters. The Bertz CT molecular complexity index is 1680. The Morgan fingerprint density at radius 2 is 1.40 bits per heavy atom. The Morgan fingerprint density at radius 1 is 0.733 bits per heavy atom. The second-order valence-electron chi connectivity index (χ2n) is 11.7. The number of carbonyl (C=O) groups excluding carboxylic acids is 1. The summed E-state index contributed by atoms with van der Waals surface area (Å²) < 4.78 is 2.30. The number of fused-ring (bicyclic) bond motifs is 1. The van der Waals surface area contributed by atoms with Gasteiger partial charge in [-0.15, -0.1) is 0 Å². The number of anilines is 2. The molecular formula is C34H40N10O. The van der Waals surface area contributed by atoms with Crippen molar-refractivity contribution in [2.45, 2.75) is 37.8 Å². The van der Waals surface area contributed by atoms with Gasteiger partial charge >= 0.3 is 0 Å². The molecule has 1 amide bonds. The molecule has 2 fully saturated rings. The molecule has 11 heteroatoms. The van der Waals surface area contributed by atoms with Crippen LogP contribution in [0.3, 0.4) is 0 Å². The van der Waals surface area contributed by atoms with Crippen LogP contribution in [0, 0.1) is 0 Å². The molecule has 5 aromatic heterocycles. The molecule has 7 heterocycles. The molecule has 2 aliphatic heterocycles. The quantitative estimate of drug-likeness (QED) is 0.276. The van der Waals surface area contributed by atoms with Crippen LogP contribution in [0.15, 0.2) is 85.5 Å². The molecule has 2 N–H and O–H groups in total. The lowest BCUT2D eigenvalue weighted by atomic mass is 10.0. The molecule has 232 valence electrons. The summed E-state index contributed by atoms with van der Waals surface area (Å²) in [4.78, 5) is 39.3. The number of nitrogens with zero attached hydrogens (tertiary/aromatic N) is 8. The van der Waals surface area contributed by atoms with E-state index < -0.39 is 0 Å². The number of pyridine rings is 4. The van der Waals surface area contributed by atoms with Crippen LogP contribution in [0.1, 0.15) is 42.2 Å². The molecule has 0 radical (unpaired) electrons. The van der Waals surface area contributed by atoms with E-state index >= 15 is 0 Å². The Labute approximate surface area is 263 Å². The molecule has 45 heavy (non-hydrogen) atoms. The first-order valence-electron chi connectivity index (χ1n) is 15.6. The van der Waals surface area contributed by atoms with Crippen molar-refractivity contribution in [1.82, 2.24) is 39.3 Å². The maximum absolute atomic E-state index is 12.3. The minimum absolute atomic E-state index is 0.231. The third-order valence-corrected chi connectivity index (χ3v) is 8.41. The van der Waals surface area contributed by atoms with Gasteiger partial charge in [-0.05, 0) is 114 Å². The fourth-order valence-electron chi connectivity index (χ4n) is 5.86. The van der Waals surface area contributed by atoms with Gasteiger partial charge in [0.05, 0.1) is 5.69 Å². The molecule has 0 aromatic carbocycles. The number of piperidine rings is 2. The summed E-state index contributed by atoms with van der Waals surface area (Å²) in [5.41, 5.74) is 3.91. The highest BCUT2D eigenvalue weighted by atomic mass is 16.1. The van der Waals surface area contributed by atoms with Crippen LogP contribution in [-0.2, 0) is 0 Å². The highest BCUT2D eigenvalue weighted by Crippen LogP contribution is 2.31. The zero-order valence-electron chi connectivity index (χ0n) is 25.9. The minimum atomic E-state index is -0.231. The van der Waals surface area contributed by atoms with Crippen molar-refractivity contribution in [3.63, 3.8) is 0 Å². The van der Waals surface area contributed by atoms with Gasteiger partial charge in [-0.3, -0.25) is 14.8 Å². The van der Waals surface area contributed by atoms with Crippen molar-refractivity contribution in [3.8, 4) is 11.5 Å². The van der Waals surface area contributed by atoms with Crippen LogP contribution in [0.4, 0.5) is 11.5 Å². The zero-order chi connectivity index (χ0) is 31.0. The average Bonchev–Trinajstić information content (AvgIpc) is 3.48. The van der Waals surface area contributed by atoms with Crippen LogP contribution in [0.25, 0.3) is 22.7 Å². The molecule has 5 aromatic rings. The fourth-order valence-corrected chi connectivity index (χ4v) is 5.86. The van der Waals surface area contributed by atoms with Crippen molar-refractivity contribution in [2.24, 2.45) is 0 Å². The summed E-state index contributed by atoms with van der Waals surface area (Å²) in [5, 5.41) is 6.34. The van der Waals surface area contributed by atoms with Crippen molar-refractivity contribution in [3.05, 3.63) is 91.1 Å². The first kappa shape index (κ1) is 30.3. The number of carbonyl (C=O) groups is 1. The number of likely N-dealkylation sites (tertiary alicyclic amines) is 2. The smallest absolute Gasteiger partial charge is 0.274 e. The number of rotatable bonds is 6. The number of hydrogen-bond donors (Lipinski definition) is 2. The number of nitrogens with one attached hydrogen (secondary N) is 2. The van der Waals surface area contributed by atoms with E-state index in [-0.39, 0.29) is 5.91 Å². The SMILES string of the molecule is CN1CCC(Nc2ncccc2NC(=O)c2ccccn2)CC1.CN1CCC(n2c(-c3ccccn3)nc3cccnc32)CC1. The Kier molecular flexibility index (Phi) is 9.67. The van der Waals surface area contributed by atoms with E-state index in [1.54, 1.807) is 30.6 Å². The van der Waals surface area contributed by atoms with E-state index in [9.17, 15) is 4.79 Å². The van der Waals surface area contributed by atoms with Crippen molar-refractivity contribution < 1.29 is 4.79 Å². The Hall–Kier alpha value is -4.74. The van der Waals surface area contributed by atoms with Gasteiger partial charge in [0.1, 0.15) is 22.7 Å². The number of imidazole rings is 1. The highest BCUT2D eigenvalue weighted by molar-refractivity contribution is 6.04. The number of amides is 1. The lowest BCUT2D eigenvalue weighted by Crippen LogP contribution is -2.37. The van der Waals surface area contributed by atoms with E-state index in [2.05, 4.69) is 59.0 Å². The summed E-state index contributed by atoms with van der Waals surface area (Å²) in [6.07, 6.45) is 11.4. The van der Waals surface area contributed by atoms with Crippen LogP contribution in [0.2, 0.25) is 0 Å². The molecule has 0 aliphatic carbocycles. The normalized spacial score (nSPS) is 16.6. The predicted octanol–water partition coefficient (Wildman–Crippen LogP) is 5.00. The molecule has 11 nitrogen and oxygen atoms in total. The molecule has 0 spiro atoms. The predicted molar refractivity (Wildman–Crippen MR) is 177 cm³/mol. The van der Waals surface area contributed by atoms with Crippen molar-refractivity contribution in [2.75, 3.05) is 50.9 Å². The monoisotopic (exact) mass is 604 g/mol. The maximum Gasteiger partial charge on any atom is 0.274 e. The van der Waals surface area contributed by atoms with E-state index in [0.717, 1.165) is 74.5 Å². The van der Waals surface area contributed by atoms with Gasteiger partial charge in [-0.2, -0.15) is 0 Å². The first-order chi connectivity index (χ1) is 22.0. The maximum atomic E-state index is 12.3. The lowest BCUT2D eigenvalue weighted by molar-refractivity contribution is 0.102. The van der Waals surface area contributed by atoms with Gasteiger partial charge in [0.2, 0.25) is 0 Å². The van der Waals surface area contributed by atoms with Gasteiger partial charge < -0.3 is 25.0 Å². The fraction of sp³-hybridized carbons (Fsp3) is 0.353. The van der Waals surface area contributed by atoms with Crippen LogP contribution >= 0.6 is 0 Å². The largest absolute Gasteiger partial charge is 0.366 e. The molecule has 2 saturated heterocycles. The number of aromatic nitrogens is 6. The second-order valence-corrected chi connectivity index (χ2v) is 11.7. The van der Waals surface area contributed by atoms with Gasteiger partial charge in [0, 0.05) is 36.9 Å². The summed E-state index contributed by atoms with van der Waals surface area (Å²) in [6.45, 7) is 4.36. The third-order valence-electron chi connectivity index (χ3n) is 8.41. The molecule has 7 rings (SSSR count). The summed E-state index contributed by atoms with van der Waals surface area (Å²) in [6, 6.07) is 19.7. The highest BCUT2D eigenvalue weighted by Gasteiger charge is 2.25. The topological polar surface area (TPSA) is 117 Å². The third kappa shape index (κ3) is 7.50. The van der Waals surface area contributed by atoms with E-state index in [0.29, 0.717) is 29.3 Å². The molecule has 2 aliphatic rings.